The molecule has 0 amide bonds. The van der Waals surface area contributed by atoms with Gasteiger partial charge in [0.15, 0.2) is 0 Å². The van der Waals surface area contributed by atoms with Gasteiger partial charge in [0.05, 0.1) is 5.69 Å². The van der Waals surface area contributed by atoms with E-state index in [1.807, 2.05) is 6.07 Å². The Balaban J connectivity index is 2.47. The quantitative estimate of drug-likeness (QED) is 0.621. The Morgan fingerprint density at radius 1 is 1.38 bits per heavy atom. The minimum absolute atomic E-state index is 0.605. The van der Waals surface area contributed by atoms with Gasteiger partial charge in [0, 0.05) is 5.56 Å². The molecule has 0 atom stereocenters. The van der Waals surface area contributed by atoms with E-state index in [1.54, 1.807) is 18.2 Å². The maximum Gasteiger partial charge on any atom is 0.150 e. The Morgan fingerprint density at radius 3 is 3.00 bits per heavy atom. The van der Waals surface area contributed by atoms with Gasteiger partial charge < -0.3 is 0 Å². The molecule has 64 valence electrons. The predicted octanol–water partition coefficient (Wildman–Crippen LogP) is 0.475. The largest absolute Gasteiger partial charge is 0.298 e. The molecule has 0 aliphatic rings. The summed E-state index contributed by atoms with van der Waals surface area (Å²) >= 11 is 0. The first-order valence-corrected chi connectivity index (χ1v) is 3.69. The highest BCUT2D eigenvalue weighted by Gasteiger charge is 1.97. The molecule has 0 bridgehead atoms. The zero-order chi connectivity index (χ0) is 9.10. The van der Waals surface area contributed by atoms with Crippen LogP contribution in [0, 0.1) is 0 Å². The third kappa shape index (κ3) is 1.44. The lowest BCUT2D eigenvalue weighted by Gasteiger charge is -1.98. The molecule has 13 heavy (non-hydrogen) atoms. The molecule has 0 saturated carbocycles. The number of benzene rings is 1. The molecule has 2 aromatic rings. The van der Waals surface area contributed by atoms with Crippen LogP contribution in [0.1, 0.15) is 10.4 Å². The van der Waals surface area contributed by atoms with E-state index in [1.165, 1.54) is 11.0 Å². The van der Waals surface area contributed by atoms with Gasteiger partial charge in [-0.3, -0.25) is 4.79 Å². The third-order valence-electron chi connectivity index (χ3n) is 1.62. The molecule has 0 fully saturated rings. The first kappa shape index (κ1) is 7.60. The Labute approximate surface area is 74.0 Å². The predicted molar refractivity (Wildman–Crippen MR) is 44.5 cm³/mol. The molecule has 0 aliphatic carbocycles. The van der Waals surface area contributed by atoms with Gasteiger partial charge in [0.1, 0.15) is 12.6 Å². The first-order valence-electron chi connectivity index (χ1n) is 3.69. The zero-order valence-electron chi connectivity index (χ0n) is 6.66. The van der Waals surface area contributed by atoms with Gasteiger partial charge in [-0.15, -0.1) is 5.10 Å². The van der Waals surface area contributed by atoms with Crippen molar-refractivity contribution in [1.82, 2.24) is 20.2 Å². The standard InChI is InChI=1S/C8H6N4O/c13-5-7-2-1-3-8(4-7)12-6-9-10-11-12/h1-6H. The van der Waals surface area contributed by atoms with Crippen LogP contribution in [-0.4, -0.2) is 26.5 Å². The van der Waals surface area contributed by atoms with E-state index in [0.29, 0.717) is 5.56 Å². The van der Waals surface area contributed by atoms with E-state index in [0.717, 1.165) is 12.0 Å². The van der Waals surface area contributed by atoms with E-state index in [9.17, 15) is 4.79 Å². The molecule has 0 N–H and O–H groups in total. The van der Waals surface area contributed by atoms with Crippen molar-refractivity contribution in [2.75, 3.05) is 0 Å². The second kappa shape index (κ2) is 3.14. The van der Waals surface area contributed by atoms with Crippen LogP contribution >= 0.6 is 0 Å². The smallest absolute Gasteiger partial charge is 0.150 e. The zero-order valence-corrected chi connectivity index (χ0v) is 6.66. The lowest BCUT2D eigenvalue weighted by molar-refractivity contribution is 0.112. The van der Waals surface area contributed by atoms with Crippen molar-refractivity contribution >= 4 is 6.29 Å². The summed E-state index contributed by atoms with van der Waals surface area (Å²) in [4.78, 5) is 10.5. The molecule has 0 aliphatic heterocycles. The van der Waals surface area contributed by atoms with Crippen molar-refractivity contribution in [3.63, 3.8) is 0 Å². The summed E-state index contributed by atoms with van der Waals surface area (Å²) in [6.07, 6.45) is 2.26. The van der Waals surface area contributed by atoms with Crippen LogP contribution in [0.4, 0.5) is 0 Å². The van der Waals surface area contributed by atoms with Gasteiger partial charge in [-0.05, 0) is 22.6 Å². The van der Waals surface area contributed by atoms with Crippen LogP contribution in [0.3, 0.4) is 0 Å². The summed E-state index contributed by atoms with van der Waals surface area (Å²) in [5, 5.41) is 10.7. The summed E-state index contributed by atoms with van der Waals surface area (Å²) in [5.74, 6) is 0. The fraction of sp³-hybridized carbons (Fsp3) is 0. The van der Waals surface area contributed by atoms with Gasteiger partial charge >= 0.3 is 0 Å². The molecule has 0 saturated heterocycles. The van der Waals surface area contributed by atoms with E-state index >= 15 is 0 Å². The second-order valence-electron chi connectivity index (χ2n) is 2.47. The molecule has 0 radical (unpaired) electrons. The van der Waals surface area contributed by atoms with Crippen LogP contribution in [-0.2, 0) is 0 Å². The number of aldehydes is 1. The van der Waals surface area contributed by atoms with Crippen molar-refractivity contribution in [1.29, 1.82) is 0 Å². The van der Waals surface area contributed by atoms with Crippen molar-refractivity contribution < 1.29 is 4.79 Å². The number of aromatic nitrogens is 4. The monoisotopic (exact) mass is 174 g/mol. The van der Waals surface area contributed by atoms with E-state index in [-0.39, 0.29) is 0 Å². The van der Waals surface area contributed by atoms with Crippen LogP contribution in [0.5, 0.6) is 0 Å². The molecule has 1 heterocycles. The summed E-state index contributed by atoms with van der Waals surface area (Å²) in [7, 11) is 0. The van der Waals surface area contributed by atoms with Gasteiger partial charge in [-0.25, -0.2) is 4.68 Å². The molecule has 1 aromatic heterocycles. The highest BCUT2D eigenvalue weighted by Crippen LogP contribution is 2.06. The van der Waals surface area contributed by atoms with Gasteiger partial charge in [-0.1, -0.05) is 12.1 Å². The number of hydrogen-bond acceptors (Lipinski definition) is 4. The molecule has 2 rings (SSSR count). The minimum Gasteiger partial charge on any atom is -0.298 e. The molecular formula is C8H6N4O. The van der Waals surface area contributed by atoms with Gasteiger partial charge in [0.2, 0.25) is 0 Å². The SMILES string of the molecule is O=Cc1cccc(-n2cnnn2)c1. The highest BCUT2D eigenvalue weighted by atomic mass is 16.1. The van der Waals surface area contributed by atoms with Crippen molar-refractivity contribution in [2.45, 2.75) is 0 Å². The topological polar surface area (TPSA) is 60.7 Å². The van der Waals surface area contributed by atoms with Crippen molar-refractivity contribution in [2.24, 2.45) is 0 Å². The first-order chi connectivity index (χ1) is 6.40. The summed E-state index contributed by atoms with van der Waals surface area (Å²) in [6, 6.07) is 7.04. The number of hydrogen-bond donors (Lipinski definition) is 0. The maximum absolute atomic E-state index is 10.5. The van der Waals surface area contributed by atoms with Crippen molar-refractivity contribution in [3.8, 4) is 5.69 Å². The second-order valence-corrected chi connectivity index (χ2v) is 2.47. The number of carbonyl (C=O) groups excluding carboxylic acids is 1. The van der Waals surface area contributed by atoms with Crippen LogP contribution < -0.4 is 0 Å². The number of nitrogens with zero attached hydrogens (tertiary/aromatic N) is 4. The Bertz CT molecular complexity index is 410. The molecule has 1 aromatic carbocycles. The fourth-order valence-corrected chi connectivity index (χ4v) is 1.02. The summed E-state index contributed by atoms with van der Waals surface area (Å²) in [6.45, 7) is 0. The van der Waals surface area contributed by atoms with Gasteiger partial charge in [-0.2, -0.15) is 0 Å². The lowest BCUT2D eigenvalue weighted by atomic mass is 10.2. The van der Waals surface area contributed by atoms with E-state index < -0.39 is 0 Å². The molecule has 0 spiro atoms. The number of tetrazole rings is 1. The van der Waals surface area contributed by atoms with E-state index in [2.05, 4.69) is 15.5 Å². The minimum atomic E-state index is 0.605. The van der Waals surface area contributed by atoms with Crippen LogP contribution in [0.15, 0.2) is 30.6 Å². The van der Waals surface area contributed by atoms with Crippen LogP contribution in [0.2, 0.25) is 0 Å². The molecular weight excluding hydrogens is 168 g/mol. The number of rotatable bonds is 2. The third-order valence-corrected chi connectivity index (χ3v) is 1.62. The normalized spacial score (nSPS) is 9.85. The Kier molecular flexibility index (Phi) is 1.84. The maximum atomic E-state index is 10.5. The average molecular weight is 174 g/mol. The Hall–Kier alpha value is -2.04. The summed E-state index contributed by atoms with van der Waals surface area (Å²) < 4.78 is 1.49. The Morgan fingerprint density at radius 2 is 2.31 bits per heavy atom. The average Bonchev–Trinajstić information content (AvgIpc) is 2.71. The van der Waals surface area contributed by atoms with Crippen LogP contribution in [0.25, 0.3) is 5.69 Å². The molecule has 5 heteroatoms. The lowest BCUT2D eigenvalue weighted by Crippen LogP contribution is -1.95. The summed E-state index contributed by atoms with van der Waals surface area (Å²) in [5.41, 5.74) is 1.38. The van der Waals surface area contributed by atoms with Gasteiger partial charge in [0.25, 0.3) is 0 Å². The number of carbonyl (C=O) groups is 1. The fourth-order valence-electron chi connectivity index (χ4n) is 1.02. The van der Waals surface area contributed by atoms with E-state index in [4.69, 9.17) is 0 Å². The highest BCUT2D eigenvalue weighted by molar-refractivity contribution is 5.75. The molecule has 0 unspecified atom stereocenters. The molecule has 5 nitrogen and oxygen atoms in total. The van der Waals surface area contributed by atoms with Crippen molar-refractivity contribution in [3.05, 3.63) is 36.2 Å².